The van der Waals surface area contributed by atoms with Gasteiger partial charge in [0.1, 0.15) is 0 Å². The molecule has 0 N–H and O–H groups in total. The number of hydrogen-bond donors (Lipinski definition) is 0. The van der Waals surface area contributed by atoms with Crippen molar-refractivity contribution >= 4 is 19.9 Å². The second-order valence-corrected chi connectivity index (χ2v) is 10.7. The molecule has 10 heteroatoms. The number of rotatable bonds is 5. The van der Waals surface area contributed by atoms with Gasteiger partial charge >= 0.3 is 0 Å². The third kappa shape index (κ3) is 4.75. The standard InChI is InChI=1S/C17H24N4O4S2/c1-19-13-17(18-14-19)27(24,25)21-9-3-8-20(10-11-21)12-15-4-6-16(7-5-15)26(2,22)23/h4-7,13-14H,3,8-12H2,1-2H3. The molecule has 8 nitrogen and oxygen atoms in total. The number of sulfonamides is 1. The van der Waals surface area contributed by atoms with Crippen LogP contribution in [-0.4, -0.2) is 68.0 Å². The van der Waals surface area contributed by atoms with E-state index < -0.39 is 19.9 Å². The number of benzene rings is 1. The third-order valence-corrected chi connectivity index (χ3v) is 7.50. The Bertz CT molecular complexity index is 998. The second kappa shape index (κ2) is 7.70. The Kier molecular flexibility index (Phi) is 5.71. The minimum absolute atomic E-state index is 0.0785. The van der Waals surface area contributed by atoms with Crippen molar-refractivity contribution in [2.75, 3.05) is 32.4 Å². The second-order valence-electron chi connectivity index (χ2n) is 6.83. The van der Waals surface area contributed by atoms with E-state index in [1.54, 1.807) is 23.7 Å². The summed E-state index contributed by atoms with van der Waals surface area (Å²) in [6, 6.07) is 6.84. The molecule has 0 bridgehead atoms. The highest BCUT2D eigenvalue weighted by molar-refractivity contribution is 7.90. The van der Waals surface area contributed by atoms with E-state index in [-0.39, 0.29) is 5.03 Å². The summed E-state index contributed by atoms with van der Waals surface area (Å²) < 4.78 is 51.7. The molecule has 0 radical (unpaired) electrons. The van der Waals surface area contributed by atoms with Crippen molar-refractivity contribution in [1.29, 1.82) is 0 Å². The van der Waals surface area contributed by atoms with E-state index in [0.717, 1.165) is 18.5 Å². The average molecular weight is 413 g/mol. The van der Waals surface area contributed by atoms with E-state index in [1.807, 2.05) is 12.1 Å². The smallest absolute Gasteiger partial charge is 0.262 e. The first-order valence-corrected chi connectivity index (χ1v) is 12.0. The van der Waals surface area contributed by atoms with Crippen LogP contribution in [0.5, 0.6) is 0 Å². The highest BCUT2D eigenvalue weighted by Crippen LogP contribution is 2.17. The molecule has 0 atom stereocenters. The Morgan fingerprint density at radius 2 is 1.70 bits per heavy atom. The summed E-state index contributed by atoms with van der Waals surface area (Å²) in [5, 5.41) is 0.0785. The van der Waals surface area contributed by atoms with Gasteiger partial charge in [-0.2, -0.15) is 4.31 Å². The summed E-state index contributed by atoms with van der Waals surface area (Å²) in [6.45, 7) is 2.91. The Hall–Kier alpha value is -1.75. The topological polar surface area (TPSA) is 92.6 Å². The van der Waals surface area contributed by atoms with Crippen LogP contribution in [-0.2, 0) is 33.5 Å². The van der Waals surface area contributed by atoms with Crippen molar-refractivity contribution in [3.05, 3.63) is 42.4 Å². The number of sulfone groups is 1. The van der Waals surface area contributed by atoms with Crippen LogP contribution in [0.2, 0.25) is 0 Å². The van der Waals surface area contributed by atoms with Gasteiger partial charge in [-0.15, -0.1) is 0 Å². The van der Waals surface area contributed by atoms with Crippen LogP contribution in [0, 0.1) is 0 Å². The number of nitrogens with zero attached hydrogens (tertiary/aromatic N) is 4. The number of aryl methyl sites for hydroxylation is 1. The van der Waals surface area contributed by atoms with Crippen molar-refractivity contribution in [2.45, 2.75) is 22.9 Å². The summed E-state index contributed by atoms with van der Waals surface area (Å²) in [5.74, 6) is 0. The Morgan fingerprint density at radius 1 is 1.00 bits per heavy atom. The van der Waals surface area contributed by atoms with Gasteiger partial charge in [0.25, 0.3) is 10.0 Å². The van der Waals surface area contributed by atoms with Gasteiger partial charge in [-0.3, -0.25) is 4.90 Å². The number of aromatic nitrogens is 2. The molecule has 2 aromatic rings. The van der Waals surface area contributed by atoms with Gasteiger partial charge in [-0.1, -0.05) is 12.1 Å². The van der Waals surface area contributed by atoms with Gasteiger partial charge in [-0.05, 0) is 30.7 Å². The molecule has 1 aromatic carbocycles. The van der Waals surface area contributed by atoms with E-state index in [9.17, 15) is 16.8 Å². The van der Waals surface area contributed by atoms with Crippen LogP contribution in [0.1, 0.15) is 12.0 Å². The summed E-state index contributed by atoms with van der Waals surface area (Å²) in [5.41, 5.74) is 1.00. The number of imidazole rings is 1. The largest absolute Gasteiger partial charge is 0.339 e. The molecule has 1 aliphatic heterocycles. The van der Waals surface area contributed by atoms with Crippen LogP contribution in [0.3, 0.4) is 0 Å². The van der Waals surface area contributed by atoms with Gasteiger partial charge in [0.05, 0.1) is 11.2 Å². The fourth-order valence-corrected chi connectivity index (χ4v) is 5.17. The lowest BCUT2D eigenvalue weighted by Gasteiger charge is -2.21. The van der Waals surface area contributed by atoms with Crippen LogP contribution in [0.4, 0.5) is 0 Å². The molecule has 0 unspecified atom stereocenters. The molecule has 1 aliphatic rings. The average Bonchev–Trinajstić information content (AvgIpc) is 2.90. The monoisotopic (exact) mass is 412 g/mol. The zero-order valence-corrected chi connectivity index (χ0v) is 17.1. The zero-order valence-electron chi connectivity index (χ0n) is 15.4. The van der Waals surface area contributed by atoms with Gasteiger partial charge < -0.3 is 4.57 Å². The first kappa shape index (κ1) is 20.0. The first-order valence-electron chi connectivity index (χ1n) is 8.66. The lowest BCUT2D eigenvalue weighted by atomic mass is 10.2. The van der Waals surface area contributed by atoms with Crippen LogP contribution in [0.15, 0.2) is 46.7 Å². The van der Waals surface area contributed by atoms with Gasteiger partial charge in [0, 0.05) is 45.7 Å². The lowest BCUT2D eigenvalue weighted by molar-refractivity contribution is 0.278. The molecule has 0 amide bonds. The quantitative estimate of drug-likeness (QED) is 0.719. The predicted molar refractivity (Wildman–Crippen MR) is 101 cm³/mol. The van der Waals surface area contributed by atoms with E-state index in [1.165, 1.54) is 23.1 Å². The molecule has 0 spiro atoms. The van der Waals surface area contributed by atoms with Gasteiger partial charge in [0.2, 0.25) is 0 Å². The Labute approximate surface area is 160 Å². The molecule has 0 saturated carbocycles. The molecule has 1 aromatic heterocycles. The predicted octanol–water partition coefficient (Wildman–Crippen LogP) is 0.720. The molecule has 2 heterocycles. The lowest BCUT2D eigenvalue weighted by Crippen LogP contribution is -2.35. The van der Waals surface area contributed by atoms with Crippen molar-refractivity contribution in [3.63, 3.8) is 0 Å². The minimum atomic E-state index is -3.57. The van der Waals surface area contributed by atoms with E-state index in [0.29, 0.717) is 31.1 Å². The van der Waals surface area contributed by atoms with Crippen molar-refractivity contribution in [1.82, 2.24) is 18.8 Å². The van der Waals surface area contributed by atoms with Gasteiger partial charge in [0.15, 0.2) is 14.9 Å². The van der Waals surface area contributed by atoms with Crippen molar-refractivity contribution in [3.8, 4) is 0 Å². The van der Waals surface area contributed by atoms with Crippen LogP contribution in [0.25, 0.3) is 0 Å². The van der Waals surface area contributed by atoms with E-state index in [4.69, 9.17) is 0 Å². The zero-order chi connectivity index (χ0) is 19.7. The summed E-state index contributed by atoms with van der Waals surface area (Å²) in [6.07, 6.45) is 4.92. The molecule has 1 saturated heterocycles. The van der Waals surface area contributed by atoms with Crippen molar-refractivity contribution in [2.24, 2.45) is 7.05 Å². The van der Waals surface area contributed by atoms with E-state index >= 15 is 0 Å². The molecule has 0 aliphatic carbocycles. The normalized spacial score (nSPS) is 17.7. The Balaban J connectivity index is 1.65. The first-order chi connectivity index (χ1) is 12.7. The maximum Gasteiger partial charge on any atom is 0.262 e. The number of hydrogen-bond acceptors (Lipinski definition) is 6. The summed E-state index contributed by atoms with van der Waals surface area (Å²) in [7, 11) is -5.03. The summed E-state index contributed by atoms with van der Waals surface area (Å²) >= 11 is 0. The molecule has 148 valence electrons. The summed E-state index contributed by atoms with van der Waals surface area (Å²) in [4.78, 5) is 6.46. The molecule has 1 fully saturated rings. The van der Waals surface area contributed by atoms with Crippen LogP contribution < -0.4 is 0 Å². The minimum Gasteiger partial charge on any atom is -0.339 e. The maximum absolute atomic E-state index is 12.7. The SMILES string of the molecule is Cn1cnc(S(=O)(=O)N2CCCN(Cc3ccc(S(C)(=O)=O)cc3)CC2)c1. The van der Waals surface area contributed by atoms with Crippen molar-refractivity contribution < 1.29 is 16.8 Å². The molecule has 27 heavy (non-hydrogen) atoms. The third-order valence-electron chi connectivity index (χ3n) is 4.59. The highest BCUT2D eigenvalue weighted by atomic mass is 32.2. The van der Waals surface area contributed by atoms with E-state index in [2.05, 4.69) is 9.88 Å². The highest BCUT2D eigenvalue weighted by Gasteiger charge is 2.28. The van der Waals surface area contributed by atoms with Gasteiger partial charge in [-0.25, -0.2) is 21.8 Å². The fourth-order valence-electron chi connectivity index (χ4n) is 3.10. The van der Waals surface area contributed by atoms with Crippen LogP contribution >= 0.6 is 0 Å². The molecular formula is C17H24N4O4S2. The molecule has 3 rings (SSSR count). The maximum atomic E-state index is 12.7. The molecular weight excluding hydrogens is 388 g/mol. The Morgan fingerprint density at radius 3 is 2.30 bits per heavy atom. The fraction of sp³-hybridized carbons (Fsp3) is 0.471.